The van der Waals surface area contributed by atoms with Gasteiger partial charge in [-0.25, -0.2) is 4.79 Å². The van der Waals surface area contributed by atoms with Crippen LogP contribution in [-0.4, -0.2) is 46.0 Å². The second kappa shape index (κ2) is 8.36. The molecule has 0 radical (unpaired) electrons. The molecule has 0 rings (SSSR count). The molecule has 0 aliphatic rings. The van der Waals surface area contributed by atoms with Crippen LogP contribution in [0.3, 0.4) is 0 Å². The third-order valence-electron chi connectivity index (χ3n) is 3.00. The Morgan fingerprint density at radius 3 is 2.05 bits per heavy atom. The van der Waals surface area contributed by atoms with Crippen LogP contribution in [0.2, 0.25) is 0 Å². The summed E-state index contributed by atoms with van der Waals surface area (Å²) in [5, 5.41) is 10.3. The quantitative estimate of drug-likeness (QED) is 0.577. The van der Waals surface area contributed by atoms with E-state index in [0.29, 0.717) is 19.4 Å². The van der Waals surface area contributed by atoms with Gasteiger partial charge >= 0.3 is 12.1 Å². The summed E-state index contributed by atoms with van der Waals surface area (Å²) in [5.74, 6) is -0.305. The van der Waals surface area contributed by atoms with E-state index < -0.39 is 17.4 Å². The van der Waals surface area contributed by atoms with Crippen LogP contribution < -0.4 is 0 Å². The highest BCUT2D eigenvalue weighted by Crippen LogP contribution is 2.24. The number of carbonyl (C=O) groups excluding carboxylic acids is 2. The molecule has 0 aromatic rings. The average Bonchev–Trinajstić information content (AvgIpc) is 2.30. The maximum Gasteiger partial charge on any atom is 0.412 e. The van der Waals surface area contributed by atoms with E-state index >= 15 is 0 Å². The van der Waals surface area contributed by atoms with E-state index in [4.69, 9.17) is 9.47 Å². The van der Waals surface area contributed by atoms with Crippen molar-refractivity contribution < 1.29 is 24.2 Å². The number of rotatable bonds is 7. The number of esters is 1. The SMILES string of the molecule is CCOC(=O)CC[C@H](CC)N(C(=O)OC(C)(C)C)C(C)(C)O. The lowest BCUT2D eigenvalue weighted by molar-refractivity contribution is -0.144. The Balaban J connectivity index is 5.05. The van der Waals surface area contributed by atoms with Crippen molar-refractivity contribution in [3.63, 3.8) is 0 Å². The van der Waals surface area contributed by atoms with Crippen LogP contribution in [-0.2, 0) is 14.3 Å². The highest BCUT2D eigenvalue weighted by Gasteiger charge is 2.37. The zero-order chi connectivity index (χ0) is 17.6. The van der Waals surface area contributed by atoms with Crippen LogP contribution in [0.4, 0.5) is 4.79 Å². The molecule has 1 N–H and O–H groups in total. The van der Waals surface area contributed by atoms with Gasteiger partial charge in [0.15, 0.2) is 0 Å². The smallest absolute Gasteiger partial charge is 0.412 e. The molecule has 0 unspecified atom stereocenters. The van der Waals surface area contributed by atoms with Crippen molar-refractivity contribution in [2.24, 2.45) is 0 Å². The van der Waals surface area contributed by atoms with Crippen molar-refractivity contribution in [3.8, 4) is 0 Å². The van der Waals surface area contributed by atoms with Crippen LogP contribution in [0.15, 0.2) is 0 Å². The molecule has 0 aliphatic heterocycles. The molecule has 0 saturated heterocycles. The molecule has 6 heteroatoms. The van der Waals surface area contributed by atoms with Crippen molar-refractivity contribution >= 4 is 12.1 Å². The van der Waals surface area contributed by atoms with Crippen LogP contribution in [0.1, 0.15) is 67.7 Å². The molecule has 0 saturated carbocycles. The van der Waals surface area contributed by atoms with Gasteiger partial charge in [-0.3, -0.25) is 9.69 Å². The summed E-state index contributed by atoms with van der Waals surface area (Å²) in [6.45, 7) is 12.4. The standard InChI is InChI=1S/C16H31NO5/c1-8-12(10-11-13(18)21-9-2)17(16(6,7)20)14(19)22-15(3,4)5/h12,20H,8-11H2,1-7H3/t12-/m0/s1. The lowest BCUT2D eigenvalue weighted by Gasteiger charge is -2.40. The Morgan fingerprint density at radius 1 is 1.14 bits per heavy atom. The molecule has 0 aromatic carbocycles. The second-order valence-corrected chi connectivity index (χ2v) is 6.75. The molecule has 1 amide bonds. The molecular weight excluding hydrogens is 286 g/mol. The monoisotopic (exact) mass is 317 g/mol. The molecule has 1 atom stereocenters. The highest BCUT2D eigenvalue weighted by atomic mass is 16.6. The molecule has 0 fully saturated rings. The van der Waals surface area contributed by atoms with Crippen LogP contribution in [0.5, 0.6) is 0 Å². The van der Waals surface area contributed by atoms with E-state index in [1.165, 1.54) is 18.7 Å². The van der Waals surface area contributed by atoms with Crippen molar-refractivity contribution in [1.29, 1.82) is 0 Å². The maximum absolute atomic E-state index is 12.4. The van der Waals surface area contributed by atoms with E-state index in [1.54, 1.807) is 27.7 Å². The number of ether oxygens (including phenoxy) is 2. The minimum atomic E-state index is -1.38. The van der Waals surface area contributed by atoms with E-state index in [2.05, 4.69) is 0 Å². The number of nitrogens with zero attached hydrogens (tertiary/aromatic N) is 1. The number of hydrogen-bond donors (Lipinski definition) is 1. The Kier molecular flexibility index (Phi) is 7.87. The van der Waals surface area contributed by atoms with Gasteiger partial charge in [-0.15, -0.1) is 0 Å². The van der Waals surface area contributed by atoms with Gasteiger partial charge < -0.3 is 14.6 Å². The number of aliphatic hydroxyl groups is 1. The fourth-order valence-corrected chi connectivity index (χ4v) is 2.16. The lowest BCUT2D eigenvalue weighted by atomic mass is 10.0. The normalized spacial score (nSPS) is 13.5. The third kappa shape index (κ3) is 7.64. The first-order valence-electron chi connectivity index (χ1n) is 7.82. The van der Waals surface area contributed by atoms with E-state index in [0.717, 1.165) is 0 Å². The Morgan fingerprint density at radius 2 is 1.68 bits per heavy atom. The van der Waals surface area contributed by atoms with Crippen molar-refractivity contribution in [3.05, 3.63) is 0 Å². The van der Waals surface area contributed by atoms with Crippen molar-refractivity contribution in [2.75, 3.05) is 6.61 Å². The number of hydrogen-bond acceptors (Lipinski definition) is 5. The van der Waals surface area contributed by atoms with Gasteiger partial charge in [0.25, 0.3) is 0 Å². The van der Waals surface area contributed by atoms with E-state index in [9.17, 15) is 14.7 Å². The Labute approximate surface area is 133 Å². The molecule has 130 valence electrons. The summed E-state index contributed by atoms with van der Waals surface area (Å²) < 4.78 is 10.3. The van der Waals surface area contributed by atoms with Gasteiger partial charge in [0.2, 0.25) is 0 Å². The highest BCUT2D eigenvalue weighted by molar-refractivity contribution is 5.71. The molecule has 0 heterocycles. The summed E-state index contributed by atoms with van der Waals surface area (Å²) in [6.07, 6.45) is 0.624. The first kappa shape index (κ1) is 20.7. The maximum atomic E-state index is 12.4. The third-order valence-corrected chi connectivity index (χ3v) is 3.00. The fraction of sp³-hybridized carbons (Fsp3) is 0.875. The van der Waals surface area contributed by atoms with Gasteiger partial charge in [-0.2, -0.15) is 0 Å². The van der Waals surface area contributed by atoms with Gasteiger partial charge in [-0.05, 0) is 54.4 Å². The summed E-state index contributed by atoms with van der Waals surface area (Å²) in [7, 11) is 0. The van der Waals surface area contributed by atoms with Crippen LogP contribution >= 0.6 is 0 Å². The van der Waals surface area contributed by atoms with Gasteiger partial charge in [0.1, 0.15) is 11.3 Å². The summed E-state index contributed by atoms with van der Waals surface area (Å²) >= 11 is 0. The lowest BCUT2D eigenvalue weighted by Crippen LogP contribution is -2.54. The molecular formula is C16H31NO5. The molecule has 0 spiro atoms. The molecule has 0 bridgehead atoms. The van der Waals surface area contributed by atoms with E-state index in [-0.39, 0.29) is 18.4 Å². The number of amides is 1. The van der Waals surface area contributed by atoms with Gasteiger partial charge in [-0.1, -0.05) is 6.92 Å². The zero-order valence-electron chi connectivity index (χ0n) is 14.9. The van der Waals surface area contributed by atoms with Gasteiger partial charge in [0.05, 0.1) is 6.61 Å². The minimum Gasteiger partial charge on any atom is -0.466 e. The molecule has 6 nitrogen and oxygen atoms in total. The Bertz CT molecular complexity index is 368. The summed E-state index contributed by atoms with van der Waals surface area (Å²) in [6, 6.07) is -0.306. The van der Waals surface area contributed by atoms with Crippen LogP contribution in [0, 0.1) is 0 Å². The van der Waals surface area contributed by atoms with Gasteiger partial charge in [0, 0.05) is 12.5 Å². The second-order valence-electron chi connectivity index (χ2n) is 6.75. The molecule has 0 aliphatic carbocycles. The predicted octanol–water partition coefficient (Wildman–Crippen LogP) is 3.07. The zero-order valence-corrected chi connectivity index (χ0v) is 14.9. The first-order valence-corrected chi connectivity index (χ1v) is 7.82. The van der Waals surface area contributed by atoms with E-state index in [1.807, 2.05) is 6.92 Å². The molecule has 0 aromatic heterocycles. The summed E-state index contributed by atoms with van der Waals surface area (Å²) in [5.41, 5.74) is -2.03. The predicted molar refractivity (Wildman–Crippen MR) is 84.3 cm³/mol. The van der Waals surface area contributed by atoms with Crippen LogP contribution in [0.25, 0.3) is 0 Å². The summed E-state index contributed by atoms with van der Waals surface area (Å²) in [4.78, 5) is 25.2. The average molecular weight is 317 g/mol. The largest absolute Gasteiger partial charge is 0.466 e. The van der Waals surface area contributed by atoms with Crippen molar-refractivity contribution in [1.82, 2.24) is 4.90 Å². The fourth-order valence-electron chi connectivity index (χ4n) is 2.16. The molecule has 22 heavy (non-hydrogen) atoms. The topological polar surface area (TPSA) is 76.1 Å². The van der Waals surface area contributed by atoms with Crippen molar-refractivity contribution in [2.45, 2.75) is 85.1 Å². The number of carbonyl (C=O) groups is 2. The Hall–Kier alpha value is -1.30. The minimum absolute atomic E-state index is 0.196. The first-order chi connectivity index (χ1) is 9.92.